The van der Waals surface area contributed by atoms with Crippen LogP contribution in [0.5, 0.6) is 0 Å². The minimum Gasteiger partial charge on any atom is -0.462 e. The number of esters is 1. The number of ether oxygens (including phenoxy) is 1. The van der Waals surface area contributed by atoms with Gasteiger partial charge in [-0.15, -0.1) is 0 Å². The Morgan fingerprint density at radius 2 is 2.24 bits per heavy atom. The van der Waals surface area contributed by atoms with Crippen molar-refractivity contribution in [1.29, 1.82) is 0 Å². The first kappa shape index (κ1) is 15.7. The van der Waals surface area contributed by atoms with Gasteiger partial charge in [0.1, 0.15) is 0 Å². The normalized spacial score (nSPS) is 21.8. The van der Waals surface area contributed by atoms with Gasteiger partial charge in [0.05, 0.1) is 23.5 Å². The van der Waals surface area contributed by atoms with Crippen molar-refractivity contribution in [3.8, 4) is 0 Å². The predicted molar refractivity (Wildman–Crippen MR) is 86.4 cm³/mol. The maximum atomic E-state index is 11.8. The van der Waals surface area contributed by atoms with E-state index in [2.05, 4.69) is 12.2 Å². The summed E-state index contributed by atoms with van der Waals surface area (Å²) < 4.78 is 5.02. The summed E-state index contributed by atoms with van der Waals surface area (Å²) in [7, 11) is 0. The molecule has 4 nitrogen and oxygen atoms in total. The lowest BCUT2D eigenvalue weighted by Crippen LogP contribution is -2.21. The zero-order valence-electron chi connectivity index (χ0n) is 13.0. The van der Waals surface area contributed by atoms with Gasteiger partial charge < -0.3 is 15.8 Å². The van der Waals surface area contributed by atoms with Crippen LogP contribution in [-0.2, 0) is 4.74 Å². The van der Waals surface area contributed by atoms with E-state index < -0.39 is 0 Å². The minimum absolute atomic E-state index is 0.299. The van der Waals surface area contributed by atoms with Crippen molar-refractivity contribution < 1.29 is 9.53 Å². The molecule has 1 aliphatic rings. The molecule has 0 saturated heterocycles. The fraction of sp³-hybridized carbons (Fsp3) is 0.588. The fourth-order valence-electron chi connectivity index (χ4n) is 3.05. The van der Waals surface area contributed by atoms with Gasteiger partial charge in [0.2, 0.25) is 0 Å². The Kier molecular flexibility index (Phi) is 5.48. The van der Waals surface area contributed by atoms with Gasteiger partial charge in [-0.3, -0.25) is 0 Å². The van der Waals surface area contributed by atoms with Crippen molar-refractivity contribution in [2.24, 2.45) is 11.8 Å². The third-order valence-corrected chi connectivity index (χ3v) is 4.19. The van der Waals surface area contributed by atoms with E-state index in [4.69, 9.17) is 10.5 Å². The Hall–Kier alpha value is -1.71. The molecule has 0 bridgehead atoms. The highest BCUT2D eigenvalue weighted by atomic mass is 16.5. The molecule has 2 rings (SSSR count). The van der Waals surface area contributed by atoms with Crippen molar-refractivity contribution in [3.05, 3.63) is 23.8 Å². The second-order valence-electron chi connectivity index (χ2n) is 6.04. The largest absolute Gasteiger partial charge is 0.462 e. The SMILES string of the molecule is CCOC(=O)c1ccc(N)c(NCC2CCCC(C)C2)c1. The summed E-state index contributed by atoms with van der Waals surface area (Å²) in [6.07, 6.45) is 5.20. The molecule has 0 aromatic heterocycles. The molecule has 4 heteroatoms. The van der Waals surface area contributed by atoms with Gasteiger partial charge in [-0.25, -0.2) is 4.79 Å². The maximum Gasteiger partial charge on any atom is 0.338 e. The molecule has 1 aromatic rings. The van der Waals surface area contributed by atoms with Crippen LogP contribution in [0.3, 0.4) is 0 Å². The summed E-state index contributed by atoms with van der Waals surface area (Å²) >= 11 is 0. The standard InChI is InChI=1S/C17H26N2O2/c1-3-21-17(20)14-7-8-15(18)16(10-14)19-11-13-6-4-5-12(2)9-13/h7-8,10,12-13,19H,3-6,9,11,18H2,1-2H3. The van der Waals surface area contributed by atoms with Crippen molar-refractivity contribution in [2.75, 3.05) is 24.2 Å². The summed E-state index contributed by atoms with van der Waals surface area (Å²) in [5.74, 6) is 1.21. The third kappa shape index (κ3) is 4.38. The lowest BCUT2D eigenvalue weighted by atomic mass is 9.82. The highest BCUT2D eigenvalue weighted by Gasteiger charge is 2.19. The first-order chi connectivity index (χ1) is 10.1. The van der Waals surface area contributed by atoms with E-state index in [1.807, 2.05) is 0 Å². The Morgan fingerprint density at radius 3 is 2.95 bits per heavy atom. The first-order valence-electron chi connectivity index (χ1n) is 7.90. The Labute approximate surface area is 127 Å². The molecule has 0 heterocycles. The van der Waals surface area contributed by atoms with Gasteiger partial charge in [0, 0.05) is 6.54 Å². The van der Waals surface area contributed by atoms with Crippen LogP contribution in [0.1, 0.15) is 49.9 Å². The molecule has 1 saturated carbocycles. The van der Waals surface area contributed by atoms with Crippen LogP contribution in [0.2, 0.25) is 0 Å². The van der Waals surface area contributed by atoms with Crippen molar-refractivity contribution in [2.45, 2.75) is 39.5 Å². The maximum absolute atomic E-state index is 11.8. The Morgan fingerprint density at radius 1 is 1.43 bits per heavy atom. The summed E-state index contributed by atoms with van der Waals surface area (Å²) in [6, 6.07) is 5.26. The molecule has 3 N–H and O–H groups in total. The Bertz CT molecular complexity index is 488. The van der Waals surface area contributed by atoms with Crippen LogP contribution < -0.4 is 11.1 Å². The molecule has 2 unspecified atom stereocenters. The summed E-state index contributed by atoms with van der Waals surface area (Å²) in [5, 5.41) is 3.41. The molecule has 1 aliphatic carbocycles. The molecular formula is C17H26N2O2. The third-order valence-electron chi connectivity index (χ3n) is 4.19. The number of benzene rings is 1. The van der Waals surface area contributed by atoms with E-state index in [-0.39, 0.29) is 5.97 Å². The molecule has 0 amide bonds. The lowest BCUT2D eigenvalue weighted by molar-refractivity contribution is 0.0526. The van der Waals surface area contributed by atoms with Gasteiger partial charge in [0.25, 0.3) is 0 Å². The number of rotatable bonds is 5. The Balaban J connectivity index is 1.98. The summed E-state index contributed by atoms with van der Waals surface area (Å²) in [4.78, 5) is 11.8. The van der Waals surface area contributed by atoms with E-state index in [0.29, 0.717) is 23.8 Å². The number of nitrogen functional groups attached to an aromatic ring is 1. The topological polar surface area (TPSA) is 64.3 Å². The second kappa shape index (κ2) is 7.34. The average molecular weight is 290 g/mol. The number of nitrogens with two attached hydrogens (primary N) is 1. The monoisotopic (exact) mass is 290 g/mol. The quantitative estimate of drug-likeness (QED) is 0.641. The minimum atomic E-state index is -0.299. The van der Waals surface area contributed by atoms with E-state index in [9.17, 15) is 4.79 Å². The highest BCUT2D eigenvalue weighted by molar-refractivity contribution is 5.92. The molecule has 0 radical (unpaired) electrons. The van der Waals surface area contributed by atoms with Crippen LogP contribution in [0, 0.1) is 11.8 Å². The number of carbonyl (C=O) groups is 1. The summed E-state index contributed by atoms with van der Waals surface area (Å²) in [5.41, 5.74) is 8.04. The van der Waals surface area contributed by atoms with E-state index in [1.54, 1.807) is 25.1 Å². The molecule has 0 spiro atoms. The number of nitrogens with one attached hydrogen (secondary N) is 1. The van der Waals surface area contributed by atoms with Crippen molar-refractivity contribution in [3.63, 3.8) is 0 Å². The molecule has 0 aliphatic heterocycles. The van der Waals surface area contributed by atoms with Crippen LogP contribution in [0.25, 0.3) is 0 Å². The van der Waals surface area contributed by atoms with Gasteiger partial charge in [-0.2, -0.15) is 0 Å². The molecule has 2 atom stereocenters. The van der Waals surface area contributed by atoms with E-state index >= 15 is 0 Å². The molecule has 21 heavy (non-hydrogen) atoms. The van der Waals surface area contributed by atoms with Crippen LogP contribution >= 0.6 is 0 Å². The lowest BCUT2D eigenvalue weighted by Gasteiger charge is -2.27. The van der Waals surface area contributed by atoms with Crippen LogP contribution in [0.4, 0.5) is 11.4 Å². The van der Waals surface area contributed by atoms with Gasteiger partial charge >= 0.3 is 5.97 Å². The fourth-order valence-corrected chi connectivity index (χ4v) is 3.05. The van der Waals surface area contributed by atoms with Crippen molar-refractivity contribution in [1.82, 2.24) is 0 Å². The number of hydrogen-bond acceptors (Lipinski definition) is 4. The van der Waals surface area contributed by atoms with Crippen LogP contribution in [0.15, 0.2) is 18.2 Å². The highest BCUT2D eigenvalue weighted by Crippen LogP contribution is 2.29. The van der Waals surface area contributed by atoms with Gasteiger partial charge in [0.15, 0.2) is 0 Å². The van der Waals surface area contributed by atoms with E-state index in [1.165, 1.54) is 25.7 Å². The first-order valence-corrected chi connectivity index (χ1v) is 7.90. The number of anilines is 2. The molecule has 1 fully saturated rings. The van der Waals surface area contributed by atoms with Gasteiger partial charge in [-0.05, 0) is 49.8 Å². The van der Waals surface area contributed by atoms with Crippen molar-refractivity contribution >= 4 is 17.3 Å². The molecule has 116 valence electrons. The molecular weight excluding hydrogens is 264 g/mol. The predicted octanol–water partition coefficient (Wildman–Crippen LogP) is 3.68. The second-order valence-corrected chi connectivity index (χ2v) is 6.04. The zero-order chi connectivity index (χ0) is 15.2. The van der Waals surface area contributed by atoms with Crippen LogP contribution in [-0.4, -0.2) is 19.1 Å². The zero-order valence-corrected chi connectivity index (χ0v) is 13.0. The number of carbonyl (C=O) groups excluding carboxylic acids is 1. The smallest absolute Gasteiger partial charge is 0.338 e. The average Bonchev–Trinajstić information content (AvgIpc) is 2.46. The number of hydrogen-bond donors (Lipinski definition) is 2. The van der Waals surface area contributed by atoms with E-state index in [0.717, 1.165) is 18.2 Å². The molecule has 1 aromatic carbocycles. The summed E-state index contributed by atoms with van der Waals surface area (Å²) in [6.45, 7) is 5.42. The van der Waals surface area contributed by atoms with Gasteiger partial charge in [-0.1, -0.05) is 19.8 Å².